The zero-order chi connectivity index (χ0) is 14.7. The molecule has 0 aliphatic rings. The van der Waals surface area contributed by atoms with Crippen molar-refractivity contribution in [1.82, 2.24) is 9.97 Å². The van der Waals surface area contributed by atoms with Gasteiger partial charge >= 0.3 is 5.97 Å². The summed E-state index contributed by atoms with van der Waals surface area (Å²) in [5, 5.41) is 0. The molecule has 0 bridgehead atoms. The summed E-state index contributed by atoms with van der Waals surface area (Å²) in [5.74, 6) is -0.0381. The third kappa shape index (κ3) is 2.72. The van der Waals surface area contributed by atoms with Gasteiger partial charge in [-0.05, 0) is 28.1 Å². The molecule has 104 valence electrons. The van der Waals surface area contributed by atoms with Crippen molar-refractivity contribution in [2.75, 3.05) is 20.0 Å². The van der Waals surface area contributed by atoms with Crippen LogP contribution in [0.3, 0.4) is 0 Å². The third-order valence-electron chi connectivity index (χ3n) is 2.65. The summed E-state index contributed by atoms with van der Waals surface area (Å²) in [6, 6.07) is 4.97. The molecule has 0 aliphatic carbocycles. The summed E-state index contributed by atoms with van der Waals surface area (Å²) in [6.45, 7) is 0. The van der Waals surface area contributed by atoms with E-state index in [1.807, 2.05) is 0 Å². The predicted octanol–water partition coefficient (Wildman–Crippen LogP) is 2.28. The number of pyridine rings is 2. The summed E-state index contributed by atoms with van der Waals surface area (Å²) in [4.78, 5) is 20.1. The van der Waals surface area contributed by atoms with E-state index < -0.39 is 5.97 Å². The van der Waals surface area contributed by atoms with Gasteiger partial charge in [-0.3, -0.25) is 0 Å². The molecule has 0 saturated carbocycles. The van der Waals surface area contributed by atoms with E-state index in [0.717, 1.165) is 0 Å². The average molecular weight is 338 g/mol. The van der Waals surface area contributed by atoms with Gasteiger partial charge in [0.15, 0.2) is 0 Å². The highest BCUT2D eigenvalue weighted by molar-refractivity contribution is 9.10. The van der Waals surface area contributed by atoms with Crippen LogP contribution in [0.25, 0.3) is 11.3 Å². The van der Waals surface area contributed by atoms with Crippen LogP contribution in [0, 0.1) is 0 Å². The Morgan fingerprint density at radius 2 is 2.10 bits per heavy atom. The average Bonchev–Trinajstić information content (AvgIpc) is 2.48. The molecule has 0 radical (unpaired) electrons. The Balaban J connectivity index is 2.55. The lowest BCUT2D eigenvalue weighted by Gasteiger charge is -2.10. The molecule has 6 nitrogen and oxygen atoms in total. The second-order valence-electron chi connectivity index (χ2n) is 3.84. The van der Waals surface area contributed by atoms with Crippen molar-refractivity contribution in [3.8, 4) is 17.1 Å². The number of ether oxygens (including phenoxy) is 2. The van der Waals surface area contributed by atoms with Gasteiger partial charge in [0.1, 0.15) is 4.60 Å². The smallest absolute Gasteiger partial charge is 0.340 e. The molecule has 2 aromatic rings. The van der Waals surface area contributed by atoms with Gasteiger partial charge in [0, 0.05) is 17.8 Å². The van der Waals surface area contributed by atoms with Gasteiger partial charge in [-0.15, -0.1) is 0 Å². The molecule has 2 N–H and O–H groups in total. The molecule has 0 aromatic carbocycles. The van der Waals surface area contributed by atoms with Crippen LogP contribution in [0.4, 0.5) is 5.69 Å². The first-order chi connectivity index (χ1) is 9.56. The molecule has 0 fully saturated rings. The zero-order valence-corrected chi connectivity index (χ0v) is 12.5. The van der Waals surface area contributed by atoms with Crippen molar-refractivity contribution < 1.29 is 14.3 Å². The summed E-state index contributed by atoms with van der Waals surface area (Å²) < 4.78 is 10.2. The molecular weight excluding hydrogens is 326 g/mol. The number of methoxy groups -OCH3 is 2. The van der Waals surface area contributed by atoms with Crippen LogP contribution in [0.2, 0.25) is 0 Å². The number of halogens is 1. The summed E-state index contributed by atoms with van der Waals surface area (Å²) in [5.41, 5.74) is 7.61. The first-order valence-corrected chi connectivity index (χ1v) is 6.41. The Morgan fingerprint density at radius 1 is 1.35 bits per heavy atom. The van der Waals surface area contributed by atoms with Crippen molar-refractivity contribution in [2.45, 2.75) is 0 Å². The predicted molar refractivity (Wildman–Crippen MR) is 77.5 cm³/mol. The topological polar surface area (TPSA) is 87.3 Å². The molecule has 7 heteroatoms. The fourth-order valence-corrected chi connectivity index (χ4v) is 2.07. The molecule has 0 aliphatic heterocycles. The first-order valence-electron chi connectivity index (χ1n) is 5.61. The van der Waals surface area contributed by atoms with E-state index >= 15 is 0 Å². The van der Waals surface area contributed by atoms with Crippen molar-refractivity contribution in [2.24, 2.45) is 0 Å². The lowest BCUT2D eigenvalue weighted by Crippen LogP contribution is -2.08. The zero-order valence-electron chi connectivity index (χ0n) is 10.9. The molecule has 20 heavy (non-hydrogen) atoms. The van der Waals surface area contributed by atoms with E-state index in [4.69, 9.17) is 15.2 Å². The van der Waals surface area contributed by atoms with Crippen LogP contribution in [-0.2, 0) is 4.74 Å². The number of nitrogens with zero attached hydrogens (tertiary/aromatic N) is 2. The van der Waals surface area contributed by atoms with Crippen LogP contribution in [0.1, 0.15) is 10.4 Å². The Bertz CT molecular complexity index is 644. The summed E-state index contributed by atoms with van der Waals surface area (Å²) in [6.07, 6.45) is 1.57. The number of carbonyl (C=O) groups is 1. The normalized spacial score (nSPS) is 10.2. The van der Waals surface area contributed by atoms with Crippen molar-refractivity contribution in [1.29, 1.82) is 0 Å². The number of nitrogens with two attached hydrogens (primary N) is 1. The second kappa shape index (κ2) is 5.87. The number of aromatic nitrogens is 2. The fraction of sp³-hybridized carbons (Fsp3) is 0.154. The maximum absolute atomic E-state index is 11.7. The van der Waals surface area contributed by atoms with Crippen LogP contribution < -0.4 is 10.5 Å². The van der Waals surface area contributed by atoms with Gasteiger partial charge in [-0.1, -0.05) is 0 Å². The lowest BCUT2D eigenvalue weighted by atomic mass is 10.1. The molecule has 2 rings (SSSR count). The number of hydrogen-bond donors (Lipinski definition) is 1. The highest BCUT2D eigenvalue weighted by Crippen LogP contribution is 2.29. The second-order valence-corrected chi connectivity index (χ2v) is 4.65. The highest BCUT2D eigenvalue weighted by Gasteiger charge is 2.17. The number of rotatable bonds is 3. The van der Waals surface area contributed by atoms with E-state index in [1.165, 1.54) is 20.3 Å². The highest BCUT2D eigenvalue weighted by atomic mass is 79.9. The van der Waals surface area contributed by atoms with Gasteiger partial charge in [0.2, 0.25) is 5.88 Å². The Hall–Kier alpha value is -2.15. The number of esters is 1. The van der Waals surface area contributed by atoms with E-state index in [-0.39, 0.29) is 11.3 Å². The largest absolute Gasteiger partial charge is 0.481 e. The van der Waals surface area contributed by atoms with Crippen molar-refractivity contribution in [3.63, 3.8) is 0 Å². The Morgan fingerprint density at radius 3 is 2.65 bits per heavy atom. The number of carbonyl (C=O) groups excluding carboxylic acids is 1. The lowest BCUT2D eigenvalue weighted by molar-refractivity contribution is 0.0602. The number of nitrogen functional groups attached to an aromatic ring is 1. The monoisotopic (exact) mass is 337 g/mol. The Labute approximate surface area is 124 Å². The van der Waals surface area contributed by atoms with Gasteiger partial charge in [-0.2, -0.15) is 0 Å². The maximum Gasteiger partial charge on any atom is 0.340 e. The van der Waals surface area contributed by atoms with E-state index in [2.05, 4.69) is 25.9 Å². The Kier molecular flexibility index (Phi) is 4.19. The molecular formula is C13H12BrN3O3. The number of anilines is 1. The SMILES string of the molecule is COC(=O)c1cc(Br)nc(-c2ccc(OC)nc2)c1N. The molecule has 2 aromatic heterocycles. The molecule has 0 atom stereocenters. The fourth-order valence-electron chi connectivity index (χ4n) is 1.66. The first kappa shape index (κ1) is 14.3. The van der Waals surface area contributed by atoms with Crippen LogP contribution in [0.5, 0.6) is 5.88 Å². The van der Waals surface area contributed by atoms with E-state index in [1.54, 1.807) is 18.3 Å². The minimum absolute atomic E-state index is 0.243. The molecule has 0 unspecified atom stereocenters. The summed E-state index contributed by atoms with van der Waals surface area (Å²) in [7, 11) is 2.83. The molecule has 0 saturated heterocycles. The quantitative estimate of drug-likeness (QED) is 0.682. The van der Waals surface area contributed by atoms with Gasteiger partial charge < -0.3 is 15.2 Å². The van der Waals surface area contributed by atoms with Gasteiger partial charge in [0.25, 0.3) is 0 Å². The molecule has 2 heterocycles. The van der Waals surface area contributed by atoms with Gasteiger partial charge in [-0.25, -0.2) is 14.8 Å². The van der Waals surface area contributed by atoms with Crippen molar-refractivity contribution >= 4 is 27.6 Å². The minimum atomic E-state index is -0.520. The van der Waals surface area contributed by atoms with Crippen LogP contribution in [0.15, 0.2) is 29.0 Å². The number of hydrogen-bond acceptors (Lipinski definition) is 6. The molecule has 0 amide bonds. The van der Waals surface area contributed by atoms with Crippen molar-refractivity contribution in [3.05, 3.63) is 34.6 Å². The third-order valence-corrected chi connectivity index (χ3v) is 3.06. The van der Waals surface area contributed by atoms with E-state index in [0.29, 0.717) is 21.7 Å². The van der Waals surface area contributed by atoms with Gasteiger partial charge in [0.05, 0.1) is 31.2 Å². The minimum Gasteiger partial charge on any atom is -0.481 e. The van der Waals surface area contributed by atoms with Crippen LogP contribution in [-0.4, -0.2) is 30.2 Å². The van der Waals surface area contributed by atoms with Crippen LogP contribution >= 0.6 is 15.9 Å². The maximum atomic E-state index is 11.7. The summed E-state index contributed by atoms with van der Waals surface area (Å²) >= 11 is 3.25. The molecule has 0 spiro atoms. The standard InChI is InChI=1S/C13H12BrN3O3/c1-19-10-4-3-7(6-16-10)12-11(15)8(13(18)20-2)5-9(14)17-12/h3-6H,15H2,1-2H3. The van der Waals surface area contributed by atoms with E-state index in [9.17, 15) is 4.79 Å².